The number of hydrogen-bond donors (Lipinski definition) is 1. The van der Waals surface area contributed by atoms with Crippen LogP contribution in [0.25, 0.3) is 0 Å². The summed E-state index contributed by atoms with van der Waals surface area (Å²) in [6.45, 7) is 2.88. The lowest BCUT2D eigenvalue weighted by molar-refractivity contribution is -0.136. The van der Waals surface area contributed by atoms with Gasteiger partial charge in [0.05, 0.1) is 20.3 Å². The van der Waals surface area contributed by atoms with Crippen molar-refractivity contribution in [2.24, 2.45) is 0 Å². The molecule has 5 nitrogen and oxygen atoms in total. The summed E-state index contributed by atoms with van der Waals surface area (Å²) in [5.74, 6) is 0.0557. The molecular formula is C7H14N2O3. The average molecular weight is 174 g/mol. The normalized spacial score (nSPS) is 17.9. The van der Waals surface area contributed by atoms with E-state index < -0.39 is 0 Å². The second kappa shape index (κ2) is 5.08. The molecule has 5 heteroatoms. The van der Waals surface area contributed by atoms with Crippen LogP contribution >= 0.6 is 0 Å². The van der Waals surface area contributed by atoms with Crippen molar-refractivity contribution in [1.82, 2.24) is 10.4 Å². The minimum Gasteiger partial charge on any atom is -0.378 e. The van der Waals surface area contributed by atoms with Crippen LogP contribution in [0.15, 0.2) is 0 Å². The maximum Gasteiger partial charge on any atom is 0.239 e. The Morgan fingerprint density at radius 1 is 1.58 bits per heavy atom. The molecule has 0 saturated carbocycles. The van der Waals surface area contributed by atoms with Gasteiger partial charge >= 0.3 is 0 Å². The first-order chi connectivity index (χ1) is 5.84. The highest BCUT2D eigenvalue weighted by Crippen LogP contribution is 1.96. The van der Waals surface area contributed by atoms with Gasteiger partial charge in [-0.05, 0) is 0 Å². The van der Waals surface area contributed by atoms with E-state index in [1.165, 1.54) is 7.11 Å². The van der Waals surface area contributed by atoms with Gasteiger partial charge in [-0.3, -0.25) is 4.79 Å². The fourth-order valence-electron chi connectivity index (χ4n) is 1.06. The van der Waals surface area contributed by atoms with E-state index >= 15 is 0 Å². The van der Waals surface area contributed by atoms with E-state index in [1.54, 1.807) is 4.90 Å². The Morgan fingerprint density at radius 3 is 2.83 bits per heavy atom. The molecule has 0 aliphatic carbocycles. The number of ether oxygens (including phenoxy) is 1. The van der Waals surface area contributed by atoms with Gasteiger partial charge in [0.15, 0.2) is 0 Å². The van der Waals surface area contributed by atoms with Crippen molar-refractivity contribution in [3.05, 3.63) is 0 Å². The zero-order valence-electron chi connectivity index (χ0n) is 7.21. The summed E-state index contributed by atoms with van der Waals surface area (Å²) in [4.78, 5) is 17.6. The fraction of sp³-hybridized carbons (Fsp3) is 0.857. The van der Waals surface area contributed by atoms with Gasteiger partial charge < -0.3 is 14.5 Å². The van der Waals surface area contributed by atoms with Crippen molar-refractivity contribution < 1.29 is 14.4 Å². The number of hydroxylamine groups is 1. The summed E-state index contributed by atoms with van der Waals surface area (Å²) in [6.07, 6.45) is 0. The standard InChI is InChI=1S/C7H14N2O3/c1-11-8-6-7(10)9-2-4-12-5-3-9/h8H,2-6H2,1H3. The lowest BCUT2D eigenvalue weighted by Gasteiger charge is -2.26. The number of rotatable bonds is 3. The Kier molecular flexibility index (Phi) is 3.99. The Balaban J connectivity index is 2.20. The zero-order valence-corrected chi connectivity index (χ0v) is 7.21. The maximum atomic E-state index is 11.3. The lowest BCUT2D eigenvalue weighted by Crippen LogP contribution is -2.44. The molecule has 0 atom stereocenters. The maximum absolute atomic E-state index is 11.3. The van der Waals surface area contributed by atoms with Crippen molar-refractivity contribution in [3.8, 4) is 0 Å². The molecule has 1 aliphatic heterocycles. The van der Waals surface area contributed by atoms with Crippen LogP contribution in [0.2, 0.25) is 0 Å². The van der Waals surface area contributed by atoms with Crippen LogP contribution in [0.4, 0.5) is 0 Å². The summed E-state index contributed by atoms with van der Waals surface area (Å²) in [6, 6.07) is 0. The molecule has 1 N–H and O–H groups in total. The van der Waals surface area contributed by atoms with Crippen LogP contribution in [-0.4, -0.2) is 50.8 Å². The van der Waals surface area contributed by atoms with Gasteiger partial charge in [-0.25, -0.2) is 0 Å². The van der Waals surface area contributed by atoms with Gasteiger partial charge in [0, 0.05) is 13.1 Å². The van der Waals surface area contributed by atoms with Crippen LogP contribution in [0, 0.1) is 0 Å². The van der Waals surface area contributed by atoms with E-state index in [1.807, 2.05) is 0 Å². The molecule has 0 aromatic heterocycles. The third-order valence-corrected chi connectivity index (χ3v) is 1.73. The molecule has 0 bridgehead atoms. The number of amides is 1. The molecule has 0 unspecified atom stereocenters. The van der Waals surface area contributed by atoms with E-state index in [0.29, 0.717) is 26.3 Å². The second-order valence-electron chi connectivity index (χ2n) is 2.52. The highest BCUT2D eigenvalue weighted by molar-refractivity contribution is 5.78. The number of carbonyl (C=O) groups is 1. The van der Waals surface area contributed by atoms with E-state index in [-0.39, 0.29) is 12.5 Å². The minimum absolute atomic E-state index is 0.0557. The van der Waals surface area contributed by atoms with Crippen molar-refractivity contribution in [3.63, 3.8) is 0 Å². The monoisotopic (exact) mass is 174 g/mol. The first kappa shape index (κ1) is 9.44. The summed E-state index contributed by atoms with van der Waals surface area (Å²) in [5, 5.41) is 0. The highest BCUT2D eigenvalue weighted by Gasteiger charge is 2.15. The lowest BCUT2D eigenvalue weighted by atomic mass is 10.4. The third kappa shape index (κ3) is 2.77. The first-order valence-corrected chi connectivity index (χ1v) is 3.96. The molecule has 1 fully saturated rings. The fourth-order valence-corrected chi connectivity index (χ4v) is 1.06. The quantitative estimate of drug-likeness (QED) is 0.557. The summed E-state index contributed by atoms with van der Waals surface area (Å²) in [5.41, 5.74) is 2.51. The first-order valence-electron chi connectivity index (χ1n) is 3.96. The predicted octanol–water partition coefficient (Wildman–Crippen LogP) is -1.00. The van der Waals surface area contributed by atoms with Gasteiger partial charge in [-0.2, -0.15) is 5.48 Å². The largest absolute Gasteiger partial charge is 0.378 e. The van der Waals surface area contributed by atoms with Crippen LogP contribution in [0.5, 0.6) is 0 Å². The van der Waals surface area contributed by atoms with Gasteiger partial charge in [0.2, 0.25) is 5.91 Å². The molecule has 0 spiro atoms. The van der Waals surface area contributed by atoms with Crippen LogP contribution in [0.3, 0.4) is 0 Å². The molecule has 12 heavy (non-hydrogen) atoms. The van der Waals surface area contributed by atoms with Gasteiger partial charge in [-0.1, -0.05) is 0 Å². The molecule has 1 rings (SSSR count). The summed E-state index contributed by atoms with van der Waals surface area (Å²) < 4.78 is 5.11. The van der Waals surface area contributed by atoms with Crippen LogP contribution in [0.1, 0.15) is 0 Å². The van der Waals surface area contributed by atoms with Crippen molar-refractivity contribution in [1.29, 1.82) is 0 Å². The molecule has 1 heterocycles. The predicted molar refractivity (Wildman–Crippen MR) is 42.4 cm³/mol. The molecule has 70 valence electrons. The summed E-state index contributed by atoms with van der Waals surface area (Å²) in [7, 11) is 1.49. The third-order valence-electron chi connectivity index (χ3n) is 1.73. The van der Waals surface area contributed by atoms with Crippen molar-refractivity contribution in [2.45, 2.75) is 0 Å². The molecular weight excluding hydrogens is 160 g/mol. The Hall–Kier alpha value is -0.650. The van der Waals surface area contributed by atoms with Crippen molar-refractivity contribution in [2.75, 3.05) is 40.0 Å². The number of hydrogen-bond acceptors (Lipinski definition) is 4. The minimum atomic E-state index is 0.0557. The van der Waals surface area contributed by atoms with E-state index in [2.05, 4.69) is 10.3 Å². The number of nitrogens with one attached hydrogen (secondary N) is 1. The molecule has 1 aliphatic rings. The smallest absolute Gasteiger partial charge is 0.239 e. The number of morpholine rings is 1. The highest BCUT2D eigenvalue weighted by atomic mass is 16.6. The van der Waals surface area contributed by atoms with Crippen molar-refractivity contribution >= 4 is 5.91 Å². The summed E-state index contributed by atoms with van der Waals surface area (Å²) >= 11 is 0. The molecule has 0 radical (unpaired) electrons. The molecule has 0 aromatic carbocycles. The van der Waals surface area contributed by atoms with Crippen LogP contribution in [-0.2, 0) is 14.4 Å². The molecule has 1 amide bonds. The average Bonchev–Trinajstić information content (AvgIpc) is 2.15. The second-order valence-corrected chi connectivity index (χ2v) is 2.52. The van der Waals surface area contributed by atoms with E-state index in [9.17, 15) is 4.79 Å². The Labute approximate surface area is 71.6 Å². The van der Waals surface area contributed by atoms with E-state index in [0.717, 1.165) is 0 Å². The topological polar surface area (TPSA) is 50.8 Å². The van der Waals surface area contributed by atoms with Gasteiger partial charge in [-0.15, -0.1) is 0 Å². The Morgan fingerprint density at radius 2 is 2.25 bits per heavy atom. The van der Waals surface area contributed by atoms with Gasteiger partial charge in [0.1, 0.15) is 6.54 Å². The molecule has 1 saturated heterocycles. The van der Waals surface area contributed by atoms with Crippen LogP contribution < -0.4 is 5.48 Å². The van der Waals surface area contributed by atoms with Gasteiger partial charge in [0.25, 0.3) is 0 Å². The van der Waals surface area contributed by atoms with E-state index in [4.69, 9.17) is 4.74 Å². The zero-order chi connectivity index (χ0) is 8.81. The number of carbonyl (C=O) groups excluding carboxylic acids is 1. The SMILES string of the molecule is CONCC(=O)N1CCOCC1. The Bertz CT molecular complexity index is 146. The number of nitrogens with zero attached hydrogens (tertiary/aromatic N) is 1. The molecule has 0 aromatic rings.